The summed E-state index contributed by atoms with van der Waals surface area (Å²) in [6, 6.07) is 0. The molecular formula is C9H18FN. The molecule has 0 radical (unpaired) electrons. The van der Waals surface area contributed by atoms with Gasteiger partial charge in [-0.15, -0.1) is 0 Å². The van der Waals surface area contributed by atoms with Crippen LogP contribution in [0, 0.1) is 11.8 Å². The van der Waals surface area contributed by atoms with E-state index < -0.39 is 5.67 Å². The molecule has 1 rings (SSSR count). The van der Waals surface area contributed by atoms with Crippen molar-refractivity contribution in [1.29, 1.82) is 0 Å². The molecule has 0 spiro atoms. The molecule has 1 nitrogen and oxygen atoms in total. The van der Waals surface area contributed by atoms with E-state index in [-0.39, 0.29) is 0 Å². The topological polar surface area (TPSA) is 12.0 Å². The van der Waals surface area contributed by atoms with Gasteiger partial charge in [0.1, 0.15) is 5.67 Å². The van der Waals surface area contributed by atoms with Gasteiger partial charge in [0.05, 0.1) is 0 Å². The van der Waals surface area contributed by atoms with Crippen LogP contribution < -0.4 is 5.32 Å². The highest BCUT2D eigenvalue weighted by atomic mass is 19.1. The molecular weight excluding hydrogens is 141 g/mol. The van der Waals surface area contributed by atoms with Gasteiger partial charge in [-0.1, -0.05) is 13.8 Å². The van der Waals surface area contributed by atoms with Crippen LogP contribution in [0.1, 0.15) is 27.2 Å². The van der Waals surface area contributed by atoms with Gasteiger partial charge in [0.2, 0.25) is 0 Å². The molecule has 0 bridgehead atoms. The summed E-state index contributed by atoms with van der Waals surface area (Å²) in [7, 11) is 0. The maximum Gasteiger partial charge on any atom is 0.121 e. The summed E-state index contributed by atoms with van der Waals surface area (Å²) in [5.41, 5.74) is -0.979. The lowest BCUT2D eigenvalue weighted by molar-refractivity contribution is 0.0925. The Morgan fingerprint density at radius 3 is 2.55 bits per heavy atom. The summed E-state index contributed by atoms with van der Waals surface area (Å²) >= 11 is 0. The maximum absolute atomic E-state index is 13.4. The van der Waals surface area contributed by atoms with Gasteiger partial charge >= 0.3 is 0 Å². The van der Waals surface area contributed by atoms with Crippen LogP contribution in [0.5, 0.6) is 0 Å². The van der Waals surface area contributed by atoms with Crippen molar-refractivity contribution in [3.8, 4) is 0 Å². The van der Waals surface area contributed by atoms with E-state index in [4.69, 9.17) is 0 Å². The predicted octanol–water partition coefficient (Wildman–Crippen LogP) is 1.98. The summed E-state index contributed by atoms with van der Waals surface area (Å²) < 4.78 is 13.4. The summed E-state index contributed by atoms with van der Waals surface area (Å²) in [6.07, 6.45) is 0.720. The van der Waals surface area contributed by atoms with Crippen molar-refractivity contribution in [3.63, 3.8) is 0 Å². The lowest BCUT2D eigenvalue weighted by Gasteiger charge is -2.34. The van der Waals surface area contributed by atoms with Gasteiger partial charge in [0.15, 0.2) is 0 Å². The molecule has 0 aromatic rings. The van der Waals surface area contributed by atoms with E-state index in [9.17, 15) is 4.39 Å². The van der Waals surface area contributed by atoms with Crippen molar-refractivity contribution in [1.82, 2.24) is 5.32 Å². The van der Waals surface area contributed by atoms with E-state index in [1.807, 2.05) is 0 Å². The van der Waals surface area contributed by atoms with E-state index >= 15 is 0 Å². The second-order valence-electron chi connectivity index (χ2n) is 4.25. The van der Waals surface area contributed by atoms with Crippen LogP contribution in [-0.4, -0.2) is 18.8 Å². The Bertz CT molecular complexity index is 132. The average Bonchev–Trinajstić information content (AvgIpc) is 1.85. The second kappa shape index (κ2) is 3.10. The fourth-order valence-electron chi connectivity index (χ4n) is 1.68. The number of alkyl halides is 1. The molecule has 0 saturated carbocycles. The maximum atomic E-state index is 13.4. The van der Waals surface area contributed by atoms with Crippen molar-refractivity contribution >= 4 is 0 Å². The van der Waals surface area contributed by atoms with Crippen molar-refractivity contribution < 1.29 is 4.39 Å². The first kappa shape index (κ1) is 8.98. The Hall–Kier alpha value is -0.110. The molecule has 0 amide bonds. The fourth-order valence-corrected chi connectivity index (χ4v) is 1.68. The van der Waals surface area contributed by atoms with Gasteiger partial charge in [-0.2, -0.15) is 0 Å². The molecule has 0 aromatic carbocycles. The quantitative estimate of drug-likeness (QED) is 0.617. The third-order valence-corrected chi connectivity index (χ3v) is 2.53. The Labute approximate surface area is 68.4 Å². The molecule has 0 aliphatic carbocycles. The fraction of sp³-hybridized carbons (Fsp3) is 1.00. The summed E-state index contributed by atoms with van der Waals surface area (Å²) in [5, 5.41) is 3.13. The average molecular weight is 159 g/mol. The summed E-state index contributed by atoms with van der Waals surface area (Å²) in [6.45, 7) is 7.52. The minimum atomic E-state index is -0.979. The Kier molecular flexibility index (Phi) is 2.53. The molecule has 1 fully saturated rings. The minimum Gasteiger partial charge on any atom is -0.313 e. The highest BCUT2D eigenvalue weighted by Gasteiger charge is 2.32. The molecule has 1 aliphatic heterocycles. The molecule has 1 heterocycles. The SMILES string of the molecule is CC(C)[C@@H]1CNC[C@@](C)(F)C1. The molecule has 2 atom stereocenters. The Morgan fingerprint density at radius 1 is 1.55 bits per heavy atom. The van der Waals surface area contributed by atoms with Crippen LogP contribution in [-0.2, 0) is 0 Å². The normalized spacial score (nSPS) is 39.5. The lowest BCUT2D eigenvalue weighted by atomic mass is 9.83. The molecule has 66 valence electrons. The van der Waals surface area contributed by atoms with Gasteiger partial charge in [-0.3, -0.25) is 0 Å². The highest BCUT2D eigenvalue weighted by molar-refractivity contribution is 4.86. The minimum absolute atomic E-state index is 0.513. The van der Waals surface area contributed by atoms with Crippen LogP contribution in [0.3, 0.4) is 0 Å². The van der Waals surface area contributed by atoms with Crippen LogP contribution in [0.2, 0.25) is 0 Å². The van der Waals surface area contributed by atoms with E-state index in [1.165, 1.54) is 0 Å². The number of nitrogens with one attached hydrogen (secondary N) is 1. The highest BCUT2D eigenvalue weighted by Crippen LogP contribution is 2.28. The molecule has 2 heteroatoms. The summed E-state index contributed by atoms with van der Waals surface area (Å²) in [5.74, 6) is 1.11. The van der Waals surface area contributed by atoms with E-state index in [0.29, 0.717) is 18.4 Å². The number of hydrogen-bond acceptors (Lipinski definition) is 1. The zero-order chi connectivity index (χ0) is 8.48. The lowest BCUT2D eigenvalue weighted by Crippen LogP contribution is -2.46. The second-order valence-corrected chi connectivity index (χ2v) is 4.25. The van der Waals surface area contributed by atoms with Crippen molar-refractivity contribution in [2.45, 2.75) is 32.9 Å². The monoisotopic (exact) mass is 159 g/mol. The Balaban J connectivity index is 2.46. The molecule has 11 heavy (non-hydrogen) atoms. The number of piperidine rings is 1. The third kappa shape index (κ3) is 2.44. The van der Waals surface area contributed by atoms with Gasteiger partial charge < -0.3 is 5.32 Å². The van der Waals surface area contributed by atoms with E-state index in [0.717, 1.165) is 13.0 Å². The van der Waals surface area contributed by atoms with E-state index in [2.05, 4.69) is 19.2 Å². The van der Waals surface area contributed by atoms with Crippen LogP contribution in [0.25, 0.3) is 0 Å². The van der Waals surface area contributed by atoms with Gasteiger partial charge in [-0.05, 0) is 31.7 Å². The smallest absolute Gasteiger partial charge is 0.121 e. The number of halogens is 1. The molecule has 1 saturated heterocycles. The standard InChI is InChI=1S/C9H18FN/c1-7(2)8-4-9(3,10)6-11-5-8/h7-8,11H,4-6H2,1-3H3/t8-,9-/m0/s1. The van der Waals surface area contributed by atoms with E-state index in [1.54, 1.807) is 6.92 Å². The van der Waals surface area contributed by atoms with Gasteiger partial charge in [0, 0.05) is 6.54 Å². The first-order valence-electron chi connectivity index (χ1n) is 4.41. The number of hydrogen-bond donors (Lipinski definition) is 1. The largest absolute Gasteiger partial charge is 0.313 e. The van der Waals surface area contributed by atoms with Crippen molar-refractivity contribution in [2.24, 2.45) is 11.8 Å². The van der Waals surface area contributed by atoms with Crippen LogP contribution in [0.4, 0.5) is 4.39 Å². The molecule has 0 unspecified atom stereocenters. The van der Waals surface area contributed by atoms with Gasteiger partial charge in [-0.25, -0.2) is 4.39 Å². The third-order valence-electron chi connectivity index (χ3n) is 2.53. The molecule has 1 N–H and O–H groups in total. The number of rotatable bonds is 1. The predicted molar refractivity (Wildman–Crippen MR) is 45.3 cm³/mol. The zero-order valence-corrected chi connectivity index (χ0v) is 7.65. The first-order chi connectivity index (χ1) is 5.01. The first-order valence-corrected chi connectivity index (χ1v) is 4.41. The zero-order valence-electron chi connectivity index (χ0n) is 7.65. The van der Waals surface area contributed by atoms with Crippen LogP contribution in [0.15, 0.2) is 0 Å². The van der Waals surface area contributed by atoms with Gasteiger partial charge in [0.25, 0.3) is 0 Å². The van der Waals surface area contributed by atoms with Crippen LogP contribution >= 0.6 is 0 Å². The van der Waals surface area contributed by atoms with Crippen molar-refractivity contribution in [3.05, 3.63) is 0 Å². The Morgan fingerprint density at radius 2 is 2.18 bits per heavy atom. The summed E-state index contributed by atoms with van der Waals surface area (Å²) in [4.78, 5) is 0. The molecule has 1 aliphatic rings. The molecule has 0 aromatic heterocycles. The van der Waals surface area contributed by atoms with Crippen molar-refractivity contribution in [2.75, 3.05) is 13.1 Å².